The lowest BCUT2D eigenvalue weighted by molar-refractivity contribution is -0.222. The molecule has 3 fully saturated rings. The average Bonchev–Trinajstić information content (AvgIpc) is 2.11. The highest BCUT2D eigenvalue weighted by atomic mass is 19.1. The summed E-state index contributed by atoms with van der Waals surface area (Å²) in [5, 5.41) is 8.97. The van der Waals surface area contributed by atoms with Gasteiger partial charge in [-0.05, 0) is 43.2 Å². The van der Waals surface area contributed by atoms with Crippen molar-refractivity contribution in [3.8, 4) is 0 Å². The summed E-state index contributed by atoms with van der Waals surface area (Å²) in [5.74, 6) is -1.83. The Morgan fingerprint density at radius 1 is 1.24 bits per heavy atom. The van der Waals surface area contributed by atoms with Gasteiger partial charge < -0.3 is 5.11 Å². The largest absolute Gasteiger partial charge is 0.481 e. The van der Waals surface area contributed by atoms with Gasteiger partial charge in [0.1, 0.15) is 11.6 Å². The predicted molar refractivity (Wildman–Crippen MR) is 56.4 cm³/mol. The smallest absolute Gasteiger partial charge is 0.309 e. The standard InChI is InChI=1S/C13H12F2O2/c14-9-2-1-3-10(15)8(9)4-12-5-13(6-12,7-12)11(16)17/h1-3H,4-7H2,(H,16,17). The SMILES string of the molecule is O=C(O)C12CC(Cc3c(F)cccc3F)(C1)C2. The molecule has 17 heavy (non-hydrogen) atoms. The van der Waals surface area contributed by atoms with Gasteiger partial charge in [0.25, 0.3) is 0 Å². The molecule has 0 spiro atoms. The number of halogens is 2. The molecule has 2 nitrogen and oxygen atoms in total. The Kier molecular flexibility index (Phi) is 1.92. The lowest BCUT2D eigenvalue weighted by Crippen LogP contribution is -2.66. The maximum atomic E-state index is 13.5. The highest BCUT2D eigenvalue weighted by molar-refractivity contribution is 5.79. The van der Waals surface area contributed by atoms with Gasteiger partial charge in [-0.15, -0.1) is 0 Å². The minimum absolute atomic E-state index is 0.103. The van der Waals surface area contributed by atoms with E-state index in [-0.39, 0.29) is 11.0 Å². The van der Waals surface area contributed by atoms with Crippen LogP contribution in [0.25, 0.3) is 0 Å². The Bertz CT molecular complexity index is 470. The third-order valence-corrected chi connectivity index (χ3v) is 4.21. The summed E-state index contributed by atoms with van der Waals surface area (Å²) in [7, 11) is 0. The molecule has 0 amide bonds. The van der Waals surface area contributed by atoms with E-state index >= 15 is 0 Å². The monoisotopic (exact) mass is 238 g/mol. The summed E-state index contributed by atoms with van der Waals surface area (Å²) >= 11 is 0. The second-order valence-corrected chi connectivity index (χ2v) is 5.49. The highest BCUT2D eigenvalue weighted by Crippen LogP contribution is 2.74. The number of aliphatic carboxylic acids is 1. The van der Waals surface area contributed by atoms with Gasteiger partial charge >= 0.3 is 5.97 Å². The highest BCUT2D eigenvalue weighted by Gasteiger charge is 2.71. The molecule has 0 saturated heterocycles. The lowest BCUT2D eigenvalue weighted by Gasteiger charge is -2.68. The van der Waals surface area contributed by atoms with Gasteiger partial charge in [-0.25, -0.2) is 8.78 Å². The van der Waals surface area contributed by atoms with Crippen LogP contribution < -0.4 is 0 Å². The first-order valence-electron chi connectivity index (χ1n) is 5.63. The van der Waals surface area contributed by atoms with Gasteiger partial charge in [0.05, 0.1) is 5.41 Å². The number of rotatable bonds is 3. The Balaban J connectivity index is 1.77. The van der Waals surface area contributed by atoms with E-state index in [1.165, 1.54) is 18.2 Å². The van der Waals surface area contributed by atoms with Crippen LogP contribution in [0, 0.1) is 22.5 Å². The summed E-state index contributed by atoms with van der Waals surface area (Å²) in [6.07, 6.45) is 2.00. The van der Waals surface area contributed by atoms with Crippen LogP contribution in [0.5, 0.6) is 0 Å². The molecule has 0 atom stereocenters. The molecular formula is C13H12F2O2. The maximum Gasteiger partial charge on any atom is 0.309 e. The Labute approximate surface area is 97.3 Å². The number of hydrogen-bond acceptors (Lipinski definition) is 1. The van der Waals surface area contributed by atoms with Crippen molar-refractivity contribution >= 4 is 5.97 Å². The molecule has 3 aliphatic carbocycles. The quantitative estimate of drug-likeness (QED) is 0.879. The third kappa shape index (κ3) is 1.33. The Morgan fingerprint density at radius 2 is 1.76 bits per heavy atom. The van der Waals surface area contributed by atoms with Crippen LogP contribution in [0.3, 0.4) is 0 Å². The normalized spacial score (nSPS) is 33.8. The number of benzene rings is 1. The van der Waals surface area contributed by atoms with Gasteiger partial charge in [0.15, 0.2) is 0 Å². The van der Waals surface area contributed by atoms with E-state index in [0.717, 1.165) is 0 Å². The van der Waals surface area contributed by atoms with E-state index in [4.69, 9.17) is 5.11 Å². The van der Waals surface area contributed by atoms with Gasteiger partial charge in [-0.3, -0.25) is 4.79 Å². The van der Waals surface area contributed by atoms with Gasteiger partial charge in [0.2, 0.25) is 0 Å². The van der Waals surface area contributed by atoms with E-state index in [1.807, 2.05) is 0 Å². The van der Waals surface area contributed by atoms with E-state index in [2.05, 4.69) is 0 Å². The predicted octanol–water partition coefficient (Wildman–Crippen LogP) is 2.76. The molecule has 4 heteroatoms. The second-order valence-electron chi connectivity index (χ2n) is 5.49. The van der Waals surface area contributed by atoms with Gasteiger partial charge in [0, 0.05) is 5.56 Å². The molecule has 1 aromatic carbocycles. The summed E-state index contributed by atoms with van der Waals surface area (Å²) < 4.78 is 26.9. The minimum atomic E-state index is -0.770. The summed E-state index contributed by atoms with van der Waals surface area (Å²) in [5.41, 5.74) is -0.644. The number of carboxylic acid groups (broad SMARTS) is 1. The fourth-order valence-corrected chi connectivity index (χ4v) is 3.49. The molecule has 3 saturated carbocycles. The summed E-state index contributed by atoms with van der Waals surface area (Å²) in [6, 6.07) is 3.84. The average molecular weight is 238 g/mol. The fraction of sp³-hybridized carbons (Fsp3) is 0.462. The zero-order chi connectivity index (χ0) is 12.3. The molecule has 0 heterocycles. The second kappa shape index (κ2) is 3.06. The maximum absolute atomic E-state index is 13.5. The molecule has 0 aliphatic heterocycles. The molecule has 4 rings (SSSR count). The van der Waals surface area contributed by atoms with Crippen LogP contribution in [0.15, 0.2) is 18.2 Å². The van der Waals surface area contributed by atoms with Crippen LogP contribution >= 0.6 is 0 Å². The van der Waals surface area contributed by atoms with Gasteiger partial charge in [-0.2, -0.15) is 0 Å². The zero-order valence-corrected chi connectivity index (χ0v) is 9.17. The first-order chi connectivity index (χ1) is 7.96. The fourth-order valence-electron chi connectivity index (χ4n) is 3.49. The van der Waals surface area contributed by atoms with E-state index in [1.54, 1.807) is 0 Å². The molecular weight excluding hydrogens is 226 g/mol. The first-order valence-corrected chi connectivity index (χ1v) is 5.63. The molecule has 1 N–H and O–H groups in total. The van der Waals surface area contributed by atoms with Gasteiger partial charge in [-0.1, -0.05) is 6.07 Å². The molecule has 90 valence electrons. The van der Waals surface area contributed by atoms with Crippen LogP contribution in [-0.4, -0.2) is 11.1 Å². The molecule has 1 aromatic rings. The van der Waals surface area contributed by atoms with Crippen LogP contribution in [0.2, 0.25) is 0 Å². The zero-order valence-electron chi connectivity index (χ0n) is 9.17. The molecule has 0 aromatic heterocycles. The van der Waals surface area contributed by atoms with Crippen molar-refractivity contribution in [1.82, 2.24) is 0 Å². The Hall–Kier alpha value is -1.45. The number of carboxylic acids is 1. The van der Waals surface area contributed by atoms with Crippen molar-refractivity contribution in [2.24, 2.45) is 10.8 Å². The molecule has 0 radical (unpaired) electrons. The van der Waals surface area contributed by atoms with Crippen molar-refractivity contribution in [1.29, 1.82) is 0 Å². The van der Waals surface area contributed by atoms with Crippen molar-refractivity contribution in [3.63, 3.8) is 0 Å². The lowest BCUT2D eigenvalue weighted by atomic mass is 9.34. The Morgan fingerprint density at radius 3 is 2.24 bits per heavy atom. The van der Waals surface area contributed by atoms with E-state index < -0.39 is 23.0 Å². The first kappa shape index (κ1) is 10.7. The van der Waals surface area contributed by atoms with E-state index in [9.17, 15) is 13.6 Å². The summed E-state index contributed by atoms with van der Waals surface area (Å²) in [4.78, 5) is 10.9. The molecule has 2 bridgehead atoms. The topological polar surface area (TPSA) is 37.3 Å². The minimum Gasteiger partial charge on any atom is -0.481 e. The van der Waals surface area contributed by atoms with Crippen molar-refractivity contribution in [2.45, 2.75) is 25.7 Å². The van der Waals surface area contributed by atoms with E-state index in [0.29, 0.717) is 25.7 Å². The van der Waals surface area contributed by atoms with Crippen LogP contribution in [0.4, 0.5) is 8.78 Å². The van der Waals surface area contributed by atoms with Crippen LogP contribution in [-0.2, 0) is 11.2 Å². The molecule has 3 aliphatic rings. The molecule has 0 unspecified atom stereocenters. The van der Waals surface area contributed by atoms with Crippen LogP contribution in [0.1, 0.15) is 24.8 Å². The summed E-state index contributed by atoms with van der Waals surface area (Å²) in [6.45, 7) is 0. The number of carbonyl (C=O) groups is 1. The van der Waals surface area contributed by atoms with Crippen molar-refractivity contribution < 1.29 is 18.7 Å². The van der Waals surface area contributed by atoms with Crippen molar-refractivity contribution in [3.05, 3.63) is 35.4 Å². The third-order valence-electron chi connectivity index (χ3n) is 4.21. The number of hydrogen-bond donors (Lipinski definition) is 1. The van der Waals surface area contributed by atoms with Crippen molar-refractivity contribution in [2.75, 3.05) is 0 Å².